The van der Waals surface area contributed by atoms with Gasteiger partial charge in [0, 0.05) is 20.4 Å². The van der Waals surface area contributed by atoms with Crippen LogP contribution in [0.1, 0.15) is 37.9 Å². The van der Waals surface area contributed by atoms with Crippen molar-refractivity contribution in [2.75, 3.05) is 19.5 Å². The first-order valence-corrected chi connectivity index (χ1v) is 7.05. The first-order valence-electron chi connectivity index (χ1n) is 5.98. The summed E-state index contributed by atoms with van der Waals surface area (Å²) in [5.41, 5.74) is -0.270. The average molecular weight is 347 g/mol. The van der Waals surface area contributed by atoms with Crippen LogP contribution in [0.3, 0.4) is 0 Å². The van der Waals surface area contributed by atoms with Gasteiger partial charge in [0.05, 0.1) is 3.57 Å². The molecule has 94 valence electrons. The Hall–Kier alpha value is -0.430. The van der Waals surface area contributed by atoms with Crippen LogP contribution in [-0.2, 0) is 10.3 Å². The van der Waals surface area contributed by atoms with E-state index in [-0.39, 0.29) is 5.60 Å². The van der Waals surface area contributed by atoms with E-state index in [1.165, 1.54) is 19.3 Å². The van der Waals surface area contributed by atoms with Gasteiger partial charge in [-0.2, -0.15) is 0 Å². The van der Waals surface area contributed by atoms with Crippen molar-refractivity contribution in [1.82, 2.24) is 9.97 Å². The quantitative estimate of drug-likeness (QED) is 0.855. The molecule has 0 radical (unpaired) electrons. The van der Waals surface area contributed by atoms with Crippen molar-refractivity contribution in [3.05, 3.63) is 15.6 Å². The molecule has 1 saturated carbocycles. The molecule has 1 N–H and O–H groups in total. The Bertz CT molecular complexity index is 391. The molecule has 0 aromatic carbocycles. The van der Waals surface area contributed by atoms with Gasteiger partial charge < -0.3 is 10.1 Å². The van der Waals surface area contributed by atoms with E-state index in [0.29, 0.717) is 0 Å². The molecule has 1 aromatic heterocycles. The fourth-order valence-corrected chi connectivity index (χ4v) is 2.93. The van der Waals surface area contributed by atoms with Crippen molar-refractivity contribution in [1.29, 1.82) is 0 Å². The van der Waals surface area contributed by atoms with Crippen molar-refractivity contribution in [3.8, 4) is 0 Å². The van der Waals surface area contributed by atoms with Crippen LogP contribution in [0.25, 0.3) is 0 Å². The lowest BCUT2D eigenvalue weighted by Crippen LogP contribution is -2.33. The van der Waals surface area contributed by atoms with Gasteiger partial charge in [-0.15, -0.1) is 0 Å². The summed E-state index contributed by atoms with van der Waals surface area (Å²) in [6.45, 7) is 0. The first kappa shape index (κ1) is 13.0. The molecule has 4 nitrogen and oxygen atoms in total. The number of ether oxygens (including phenoxy) is 1. The van der Waals surface area contributed by atoms with Crippen LogP contribution in [0.5, 0.6) is 0 Å². The molecule has 0 spiro atoms. The minimum Gasteiger partial charge on any atom is -0.372 e. The van der Waals surface area contributed by atoms with Crippen LogP contribution in [0.4, 0.5) is 5.82 Å². The summed E-state index contributed by atoms with van der Waals surface area (Å²) in [5.74, 6) is 1.71. The molecule has 0 atom stereocenters. The summed E-state index contributed by atoms with van der Waals surface area (Å²) >= 11 is 2.24. The van der Waals surface area contributed by atoms with Crippen LogP contribution in [0, 0.1) is 3.57 Å². The van der Waals surface area contributed by atoms with Crippen molar-refractivity contribution >= 4 is 28.4 Å². The lowest BCUT2D eigenvalue weighted by Gasteiger charge is -2.34. The van der Waals surface area contributed by atoms with E-state index in [0.717, 1.165) is 28.1 Å². The maximum atomic E-state index is 5.75. The highest BCUT2D eigenvalue weighted by atomic mass is 127. The number of halogens is 1. The van der Waals surface area contributed by atoms with E-state index < -0.39 is 0 Å². The first-order chi connectivity index (χ1) is 8.22. The molecule has 1 aliphatic rings. The number of nitrogens with one attached hydrogen (secondary N) is 1. The third-order valence-electron chi connectivity index (χ3n) is 3.44. The normalized spacial score (nSPS) is 19.0. The molecule has 0 amide bonds. The fraction of sp³-hybridized carbons (Fsp3) is 0.667. The zero-order valence-corrected chi connectivity index (χ0v) is 12.5. The largest absolute Gasteiger partial charge is 0.372 e. The van der Waals surface area contributed by atoms with E-state index >= 15 is 0 Å². The number of hydrogen-bond donors (Lipinski definition) is 1. The maximum Gasteiger partial charge on any atom is 0.162 e. The van der Waals surface area contributed by atoms with Gasteiger partial charge in [-0.3, -0.25) is 0 Å². The van der Waals surface area contributed by atoms with Gasteiger partial charge in [0.2, 0.25) is 0 Å². The number of methoxy groups -OCH3 is 1. The van der Waals surface area contributed by atoms with Crippen molar-refractivity contribution in [2.24, 2.45) is 0 Å². The Morgan fingerprint density at radius 1 is 1.35 bits per heavy atom. The monoisotopic (exact) mass is 347 g/mol. The van der Waals surface area contributed by atoms with Crippen molar-refractivity contribution in [3.63, 3.8) is 0 Å². The Morgan fingerprint density at radius 2 is 2.06 bits per heavy atom. The van der Waals surface area contributed by atoms with Crippen LogP contribution in [-0.4, -0.2) is 24.1 Å². The van der Waals surface area contributed by atoms with E-state index in [2.05, 4.69) is 37.9 Å². The van der Waals surface area contributed by atoms with E-state index in [1.54, 1.807) is 7.11 Å². The van der Waals surface area contributed by atoms with Crippen LogP contribution in [0.2, 0.25) is 0 Å². The third-order valence-corrected chi connectivity index (χ3v) is 4.23. The summed E-state index contributed by atoms with van der Waals surface area (Å²) in [6, 6.07) is 0. The SMILES string of the molecule is CNc1nc(C2(OC)CCCCC2)ncc1I. The summed E-state index contributed by atoms with van der Waals surface area (Å²) < 4.78 is 6.79. The minimum absolute atomic E-state index is 0.270. The van der Waals surface area contributed by atoms with Crippen molar-refractivity contribution in [2.45, 2.75) is 37.7 Å². The smallest absolute Gasteiger partial charge is 0.162 e. The highest BCUT2D eigenvalue weighted by Gasteiger charge is 2.36. The molecule has 0 saturated heterocycles. The topological polar surface area (TPSA) is 47.0 Å². The molecule has 1 heterocycles. The lowest BCUT2D eigenvalue weighted by atomic mass is 9.84. The lowest BCUT2D eigenvalue weighted by molar-refractivity contribution is -0.0514. The number of nitrogens with zero attached hydrogens (tertiary/aromatic N) is 2. The molecule has 2 rings (SSSR count). The number of rotatable bonds is 3. The van der Waals surface area contributed by atoms with Gasteiger partial charge in [0.15, 0.2) is 5.82 Å². The zero-order valence-electron chi connectivity index (χ0n) is 10.3. The summed E-state index contributed by atoms with van der Waals surface area (Å²) in [5, 5.41) is 3.10. The standard InChI is InChI=1S/C12H18IN3O/c1-14-10-9(13)8-15-11(16-10)12(17-2)6-4-3-5-7-12/h8H,3-7H2,1-2H3,(H,14,15,16). The second-order valence-corrected chi connectivity index (χ2v) is 5.56. The van der Waals surface area contributed by atoms with Crippen LogP contribution >= 0.6 is 22.6 Å². The average Bonchev–Trinajstić information content (AvgIpc) is 2.40. The molecule has 1 aromatic rings. The van der Waals surface area contributed by atoms with Gasteiger partial charge in [-0.25, -0.2) is 9.97 Å². The molecule has 1 aliphatic carbocycles. The second-order valence-electron chi connectivity index (χ2n) is 4.40. The second kappa shape index (κ2) is 5.48. The van der Waals surface area contributed by atoms with E-state index in [4.69, 9.17) is 4.74 Å². The zero-order chi connectivity index (χ0) is 12.3. The summed E-state index contributed by atoms with van der Waals surface area (Å²) in [4.78, 5) is 9.07. The number of anilines is 1. The number of aromatic nitrogens is 2. The van der Waals surface area contributed by atoms with Gasteiger partial charge in [-0.1, -0.05) is 19.3 Å². The van der Waals surface area contributed by atoms with Gasteiger partial charge in [0.25, 0.3) is 0 Å². The predicted octanol–water partition coefficient (Wildman–Crippen LogP) is 2.93. The van der Waals surface area contributed by atoms with Gasteiger partial charge in [-0.05, 0) is 35.4 Å². The minimum atomic E-state index is -0.270. The molecule has 1 fully saturated rings. The molecular weight excluding hydrogens is 329 g/mol. The predicted molar refractivity (Wildman–Crippen MR) is 76.1 cm³/mol. The highest BCUT2D eigenvalue weighted by Crippen LogP contribution is 2.38. The number of hydrogen-bond acceptors (Lipinski definition) is 4. The molecule has 5 heteroatoms. The summed E-state index contributed by atoms with van der Waals surface area (Å²) in [6.07, 6.45) is 7.58. The molecule has 17 heavy (non-hydrogen) atoms. The Balaban J connectivity index is 2.36. The third kappa shape index (κ3) is 2.54. The Morgan fingerprint density at radius 3 is 2.65 bits per heavy atom. The maximum absolute atomic E-state index is 5.75. The fourth-order valence-electron chi connectivity index (χ4n) is 2.40. The molecule has 0 aliphatic heterocycles. The van der Waals surface area contributed by atoms with Gasteiger partial charge >= 0.3 is 0 Å². The van der Waals surface area contributed by atoms with Crippen LogP contribution in [0.15, 0.2) is 6.20 Å². The van der Waals surface area contributed by atoms with Crippen molar-refractivity contribution < 1.29 is 4.74 Å². The van der Waals surface area contributed by atoms with Gasteiger partial charge in [0.1, 0.15) is 11.4 Å². The molecule has 0 unspecified atom stereocenters. The molecule has 0 bridgehead atoms. The summed E-state index contributed by atoms with van der Waals surface area (Å²) in [7, 11) is 3.65. The van der Waals surface area contributed by atoms with Crippen LogP contribution < -0.4 is 5.32 Å². The molecular formula is C12H18IN3O. The Labute approximate surface area is 116 Å². The van der Waals surface area contributed by atoms with E-state index in [1.807, 2.05) is 13.2 Å². The Kier molecular flexibility index (Phi) is 4.19. The van der Waals surface area contributed by atoms with E-state index in [9.17, 15) is 0 Å². The highest BCUT2D eigenvalue weighted by molar-refractivity contribution is 14.1.